The van der Waals surface area contributed by atoms with E-state index in [-0.39, 0.29) is 0 Å². The number of hydrogen-bond acceptors (Lipinski definition) is 4. The second-order valence-corrected chi connectivity index (χ2v) is 9.30. The Labute approximate surface area is 141 Å². The predicted octanol–water partition coefficient (Wildman–Crippen LogP) is 5.02. The number of benzene rings is 1. The molecule has 1 aromatic carbocycles. The minimum Gasteiger partial charge on any atom is -0.454 e. The maximum atomic E-state index is 5.50. The summed E-state index contributed by atoms with van der Waals surface area (Å²) in [5.41, 5.74) is 4.73. The summed E-state index contributed by atoms with van der Waals surface area (Å²) in [7, 11) is 0. The zero-order valence-corrected chi connectivity index (χ0v) is 14.7. The molecule has 1 aliphatic carbocycles. The van der Waals surface area contributed by atoms with E-state index in [9.17, 15) is 0 Å². The monoisotopic (exact) mass is 334 g/mol. The van der Waals surface area contributed by atoms with Gasteiger partial charge < -0.3 is 9.47 Å². The largest absolute Gasteiger partial charge is 0.454 e. The molecule has 0 saturated carbocycles. The van der Waals surface area contributed by atoms with Gasteiger partial charge in [-0.2, -0.15) is 0 Å². The lowest BCUT2D eigenvalue weighted by Crippen LogP contribution is -2.25. The molecule has 4 heteroatoms. The van der Waals surface area contributed by atoms with E-state index in [4.69, 9.17) is 9.47 Å². The molecule has 1 spiro atoms. The van der Waals surface area contributed by atoms with Gasteiger partial charge in [-0.3, -0.25) is 0 Å². The first-order valence-electron chi connectivity index (χ1n) is 8.12. The molecular formula is C18H22O2S2. The number of aryl methyl sites for hydroxylation is 1. The number of thioether (sulfide) groups is 2. The Morgan fingerprint density at radius 1 is 1.09 bits per heavy atom. The van der Waals surface area contributed by atoms with E-state index in [2.05, 4.69) is 48.6 Å². The summed E-state index contributed by atoms with van der Waals surface area (Å²) in [6.07, 6.45) is 6.30. The number of hydrogen-bond donors (Lipinski definition) is 0. The maximum Gasteiger partial charge on any atom is 0.231 e. The molecule has 2 heterocycles. The number of ether oxygens (including phenoxy) is 2. The van der Waals surface area contributed by atoms with E-state index in [1.165, 1.54) is 42.8 Å². The minimum absolute atomic E-state index is 0.361. The van der Waals surface area contributed by atoms with Gasteiger partial charge in [0.25, 0.3) is 0 Å². The van der Waals surface area contributed by atoms with Crippen LogP contribution in [0.1, 0.15) is 38.2 Å². The van der Waals surface area contributed by atoms with Crippen molar-refractivity contribution in [2.45, 2.75) is 43.1 Å². The minimum atomic E-state index is 0.361. The molecule has 0 aromatic heterocycles. The Hall–Kier alpha value is -0.740. The Bertz CT molecular complexity index is 603. The lowest BCUT2D eigenvalue weighted by molar-refractivity contribution is 0.174. The number of fused-ring (bicyclic) bond motifs is 1. The molecular weight excluding hydrogens is 312 g/mol. The van der Waals surface area contributed by atoms with Crippen LogP contribution in [0.25, 0.3) is 0 Å². The van der Waals surface area contributed by atoms with Crippen molar-refractivity contribution in [3.05, 3.63) is 34.9 Å². The van der Waals surface area contributed by atoms with Crippen LogP contribution in [0.4, 0.5) is 0 Å². The van der Waals surface area contributed by atoms with Crippen LogP contribution in [0.5, 0.6) is 11.5 Å². The van der Waals surface area contributed by atoms with E-state index >= 15 is 0 Å². The lowest BCUT2D eigenvalue weighted by Gasteiger charge is -2.36. The highest BCUT2D eigenvalue weighted by molar-refractivity contribution is 8.21. The first kappa shape index (κ1) is 14.8. The molecule has 2 nitrogen and oxygen atoms in total. The Kier molecular flexibility index (Phi) is 4.07. The average molecular weight is 335 g/mol. The topological polar surface area (TPSA) is 18.5 Å². The Morgan fingerprint density at radius 2 is 1.91 bits per heavy atom. The highest BCUT2D eigenvalue weighted by atomic mass is 32.2. The van der Waals surface area contributed by atoms with Gasteiger partial charge in [0.1, 0.15) is 0 Å². The first-order valence-corrected chi connectivity index (χ1v) is 10.1. The van der Waals surface area contributed by atoms with Crippen molar-refractivity contribution in [1.82, 2.24) is 0 Å². The van der Waals surface area contributed by atoms with Crippen molar-refractivity contribution in [1.29, 1.82) is 0 Å². The van der Waals surface area contributed by atoms with E-state index in [1.54, 1.807) is 11.1 Å². The Morgan fingerprint density at radius 3 is 2.77 bits per heavy atom. The third-order valence-corrected chi connectivity index (χ3v) is 8.50. The maximum absolute atomic E-state index is 5.50. The zero-order chi connectivity index (χ0) is 15.0. The molecule has 0 N–H and O–H groups in total. The summed E-state index contributed by atoms with van der Waals surface area (Å²) in [4.78, 5) is 0. The van der Waals surface area contributed by atoms with Crippen LogP contribution in [-0.2, 0) is 6.42 Å². The second kappa shape index (κ2) is 6.04. The highest BCUT2D eigenvalue weighted by Crippen LogP contribution is 2.56. The van der Waals surface area contributed by atoms with Crippen LogP contribution >= 0.6 is 23.5 Å². The van der Waals surface area contributed by atoms with E-state index < -0.39 is 0 Å². The van der Waals surface area contributed by atoms with Gasteiger partial charge in [-0.25, -0.2) is 0 Å². The smallest absolute Gasteiger partial charge is 0.231 e. The fourth-order valence-electron chi connectivity index (χ4n) is 3.76. The van der Waals surface area contributed by atoms with Crippen molar-refractivity contribution >= 4 is 23.5 Å². The van der Waals surface area contributed by atoms with Gasteiger partial charge in [0.05, 0.1) is 4.08 Å². The second-order valence-electron chi connectivity index (χ2n) is 6.25. The SMILES string of the molecule is CC1=C(CCc2ccc3c(c2)OCO3)C2(CCC1)SCCS2. The fourth-order valence-corrected chi connectivity index (χ4v) is 7.39. The van der Waals surface area contributed by atoms with Crippen LogP contribution in [0, 0.1) is 0 Å². The van der Waals surface area contributed by atoms with Crippen molar-refractivity contribution in [2.24, 2.45) is 0 Å². The quantitative estimate of drug-likeness (QED) is 0.722. The molecule has 0 atom stereocenters. The molecule has 0 radical (unpaired) electrons. The van der Waals surface area contributed by atoms with Crippen molar-refractivity contribution < 1.29 is 9.47 Å². The van der Waals surface area contributed by atoms with Crippen molar-refractivity contribution in [3.63, 3.8) is 0 Å². The summed E-state index contributed by atoms with van der Waals surface area (Å²) in [5.74, 6) is 4.41. The number of rotatable bonds is 3. The van der Waals surface area contributed by atoms with Gasteiger partial charge in [-0.15, -0.1) is 23.5 Å². The van der Waals surface area contributed by atoms with Gasteiger partial charge in [-0.1, -0.05) is 11.6 Å². The predicted molar refractivity (Wildman–Crippen MR) is 95.1 cm³/mol. The van der Waals surface area contributed by atoms with Gasteiger partial charge in [0.2, 0.25) is 6.79 Å². The summed E-state index contributed by atoms with van der Waals surface area (Å²) in [5, 5.41) is 0. The molecule has 1 saturated heterocycles. The normalized spacial score (nSPS) is 22.6. The lowest BCUT2D eigenvalue weighted by atomic mass is 9.88. The fraction of sp³-hybridized carbons (Fsp3) is 0.556. The van der Waals surface area contributed by atoms with Crippen molar-refractivity contribution in [2.75, 3.05) is 18.3 Å². The van der Waals surface area contributed by atoms with Crippen LogP contribution in [0.15, 0.2) is 29.3 Å². The van der Waals surface area contributed by atoms with E-state index in [0.29, 0.717) is 10.9 Å². The summed E-state index contributed by atoms with van der Waals surface area (Å²) in [6, 6.07) is 6.39. The highest BCUT2D eigenvalue weighted by Gasteiger charge is 2.41. The molecule has 0 bridgehead atoms. The van der Waals surface area contributed by atoms with Crippen LogP contribution in [-0.4, -0.2) is 22.4 Å². The third kappa shape index (κ3) is 2.65. The third-order valence-electron chi connectivity index (χ3n) is 4.89. The van der Waals surface area contributed by atoms with Gasteiger partial charge in [-0.05, 0) is 62.3 Å². The molecule has 1 aromatic rings. The average Bonchev–Trinajstić information content (AvgIpc) is 3.16. The van der Waals surface area contributed by atoms with E-state index in [1.807, 2.05) is 0 Å². The van der Waals surface area contributed by atoms with Gasteiger partial charge >= 0.3 is 0 Å². The van der Waals surface area contributed by atoms with Gasteiger partial charge in [0, 0.05) is 11.5 Å². The van der Waals surface area contributed by atoms with Crippen LogP contribution in [0.2, 0.25) is 0 Å². The molecule has 22 heavy (non-hydrogen) atoms. The molecule has 2 aliphatic heterocycles. The van der Waals surface area contributed by atoms with Gasteiger partial charge in [0.15, 0.2) is 11.5 Å². The molecule has 4 rings (SSSR count). The zero-order valence-electron chi connectivity index (χ0n) is 13.0. The molecule has 118 valence electrons. The van der Waals surface area contributed by atoms with E-state index in [0.717, 1.165) is 17.9 Å². The molecule has 3 aliphatic rings. The summed E-state index contributed by atoms with van der Waals surface area (Å²) < 4.78 is 11.3. The van der Waals surface area contributed by atoms with Crippen LogP contribution in [0.3, 0.4) is 0 Å². The van der Waals surface area contributed by atoms with Crippen LogP contribution < -0.4 is 9.47 Å². The number of allylic oxidation sites excluding steroid dienone is 1. The Balaban J connectivity index is 1.52. The van der Waals surface area contributed by atoms with Crippen molar-refractivity contribution in [3.8, 4) is 11.5 Å². The molecule has 0 amide bonds. The first-order chi connectivity index (χ1) is 10.8. The molecule has 1 fully saturated rings. The standard InChI is InChI=1S/C18H22O2S2/c1-13-3-2-8-18(21-9-10-22-18)15(13)6-4-14-5-7-16-17(11-14)20-12-19-16/h5,7,11H,2-4,6,8-10,12H2,1H3. The molecule has 0 unspecified atom stereocenters. The summed E-state index contributed by atoms with van der Waals surface area (Å²) in [6.45, 7) is 2.72. The summed E-state index contributed by atoms with van der Waals surface area (Å²) >= 11 is 4.39.